The third-order valence-electron chi connectivity index (χ3n) is 5.41. The van der Waals surface area contributed by atoms with E-state index >= 15 is 0 Å². The summed E-state index contributed by atoms with van der Waals surface area (Å²) < 4.78 is 52.8. The quantitative estimate of drug-likeness (QED) is 0.765. The molecule has 2 aliphatic heterocycles. The molecule has 1 spiro atoms. The van der Waals surface area contributed by atoms with E-state index in [2.05, 4.69) is 4.90 Å². The molecule has 160 valence electrons. The van der Waals surface area contributed by atoms with Crippen LogP contribution in [0, 0.1) is 17.5 Å². The van der Waals surface area contributed by atoms with Crippen molar-refractivity contribution in [2.45, 2.75) is 18.8 Å². The fourth-order valence-corrected chi connectivity index (χ4v) is 3.94. The molecular weight excluding hydrogens is 397 g/mol. The Morgan fingerprint density at radius 2 is 1.73 bits per heavy atom. The molecule has 2 aromatic carbocycles. The summed E-state index contributed by atoms with van der Waals surface area (Å²) in [6.45, 7) is 2.64. The lowest BCUT2D eigenvalue weighted by atomic mass is 10.1. The van der Waals surface area contributed by atoms with Crippen LogP contribution in [-0.4, -0.2) is 60.9 Å². The second-order valence-corrected chi connectivity index (χ2v) is 7.62. The Hall–Kier alpha value is -2.42. The molecule has 5 nitrogen and oxygen atoms in total. The third-order valence-corrected chi connectivity index (χ3v) is 5.41. The predicted octanol–water partition coefficient (Wildman–Crippen LogP) is 3.20. The molecule has 2 heterocycles. The van der Waals surface area contributed by atoms with Crippen LogP contribution in [0.15, 0.2) is 42.5 Å². The summed E-state index contributed by atoms with van der Waals surface area (Å²) in [7, 11) is 0. The van der Waals surface area contributed by atoms with Crippen LogP contribution in [-0.2, 0) is 16.0 Å². The number of hydrogen-bond acceptors (Lipinski definition) is 4. The molecule has 0 aliphatic carbocycles. The standard InChI is InChI=1S/C22H23F3N2O3/c23-18-5-2-1-4-17(18)13-26-8-3-10-29-22(14-26)15-27(9-11-30-22)21(28)16-6-7-19(24)20(25)12-16/h1-2,4-7,12H,3,8-11,13-15H2. The van der Waals surface area contributed by atoms with Crippen molar-refractivity contribution >= 4 is 5.91 Å². The fourth-order valence-electron chi connectivity index (χ4n) is 3.94. The summed E-state index contributed by atoms with van der Waals surface area (Å²) >= 11 is 0. The second-order valence-electron chi connectivity index (χ2n) is 7.62. The number of ether oxygens (including phenoxy) is 2. The van der Waals surface area contributed by atoms with Gasteiger partial charge in [-0.2, -0.15) is 0 Å². The Kier molecular flexibility index (Phi) is 6.08. The first kappa shape index (κ1) is 20.8. The highest BCUT2D eigenvalue weighted by atomic mass is 19.2. The van der Waals surface area contributed by atoms with Crippen molar-refractivity contribution in [1.82, 2.24) is 9.80 Å². The van der Waals surface area contributed by atoms with Crippen molar-refractivity contribution < 1.29 is 27.4 Å². The highest BCUT2D eigenvalue weighted by Crippen LogP contribution is 2.27. The lowest BCUT2D eigenvalue weighted by Crippen LogP contribution is -2.59. The van der Waals surface area contributed by atoms with E-state index in [-0.39, 0.29) is 24.5 Å². The summed E-state index contributed by atoms with van der Waals surface area (Å²) in [5.74, 6) is -3.79. The maximum Gasteiger partial charge on any atom is 0.254 e. The van der Waals surface area contributed by atoms with Gasteiger partial charge < -0.3 is 14.4 Å². The van der Waals surface area contributed by atoms with Gasteiger partial charge in [-0.1, -0.05) is 18.2 Å². The van der Waals surface area contributed by atoms with E-state index in [1.54, 1.807) is 18.2 Å². The highest BCUT2D eigenvalue weighted by Gasteiger charge is 2.42. The number of rotatable bonds is 3. The average molecular weight is 420 g/mol. The topological polar surface area (TPSA) is 42.0 Å². The lowest BCUT2D eigenvalue weighted by Gasteiger charge is -2.43. The minimum atomic E-state index is -1.06. The van der Waals surface area contributed by atoms with Crippen LogP contribution in [0.25, 0.3) is 0 Å². The maximum atomic E-state index is 14.1. The Morgan fingerprint density at radius 3 is 2.53 bits per heavy atom. The average Bonchev–Trinajstić information content (AvgIpc) is 2.93. The molecule has 0 N–H and O–H groups in total. The van der Waals surface area contributed by atoms with Crippen LogP contribution in [0.3, 0.4) is 0 Å². The number of carbonyl (C=O) groups is 1. The van der Waals surface area contributed by atoms with Crippen molar-refractivity contribution in [2.24, 2.45) is 0 Å². The maximum absolute atomic E-state index is 14.1. The summed E-state index contributed by atoms with van der Waals surface area (Å²) in [5, 5.41) is 0. The molecule has 0 aromatic heterocycles. The van der Waals surface area contributed by atoms with Gasteiger partial charge >= 0.3 is 0 Å². The van der Waals surface area contributed by atoms with E-state index in [0.29, 0.717) is 38.3 Å². The Labute approximate surface area is 173 Å². The van der Waals surface area contributed by atoms with Gasteiger partial charge in [-0.3, -0.25) is 9.69 Å². The molecule has 0 bridgehead atoms. The number of carbonyl (C=O) groups excluding carboxylic acids is 1. The van der Waals surface area contributed by atoms with Crippen molar-refractivity contribution in [1.29, 1.82) is 0 Å². The number of morpholine rings is 1. The van der Waals surface area contributed by atoms with Gasteiger partial charge in [0.25, 0.3) is 5.91 Å². The van der Waals surface area contributed by atoms with Gasteiger partial charge in [0.2, 0.25) is 0 Å². The van der Waals surface area contributed by atoms with Gasteiger partial charge in [0.15, 0.2) is 17.4 Å². The molecule has 2 fully saturated rings. The molecular formula is C22H23F3N2O3. The van der Waals surface area contributed by atoms with Gasteiger partial charge in [-0.25, -0.2) is 13.2 Å². The van der Waals surface area contributed by atoms with E-state index in [4.69, 9.17) is 9.47 Å². The van der Waals surface area contributed by atoms with E-state index in [1.165, 1.54) is 17.0 Å². The zero-order valence-corrected chi connectivity index (χ0v) is 16.5. The zero-order valence-electron chi connectivity index (χ0n) is 16.5. The van der Waals surface area contributed by atoms with Gasteiger partial charge in [0.05, 0.1) is 26.3 Å². The monoisotopic (exact) mass is 420 g/mol. The van der Waals surface area contributed by atoms with E-state index in [9.17, 15) is 18.0 Å². The molecule has 1 amide bonds. The minimum absolute atomic E-state index is 0.0720. The molecule has 2 saturated heterocycles. The number of amides is 1. The van der Waals surface area contributed by atoms with Gasteiger partial charge in [0.1, 0.15) is 5.82 Å². The molecule has 2 aliphatic rings. The number of halogens is 3. The van der Waals surface area contributed by atoms with Crippen LogP contribution < -0.4 is 0 Å². The number of hydrogen-bond donors (Lipinski definition) is 0. The van der Waals surface area contributed by atoms with E-state index in [1.807, 2.05) is 0 Å². The largest absolute Gasteiger partial charge is 0.347 e. The number of nitrogens with zero attached hydrogens (tertiary/aromatic N) is 2. The SMILES string of the molecule is O=C(c1ccc(F)c(F)c1)N1CCOC2(CN(Cc3ccccc3F)CCCO2)C1. The summed E-state index contributed by atoms with van der Waals surface area (Å²) in [5.41, 5.74) is 0.655. The Balaban J connectivity index is 1.50. The first-order valence-corrected chi connectivity index (χ1v) is 9.94. The normalized spacial score (nSPS) is 22.8. The smallest absolute Gasteiger partial charge is 0.254 e. The second kappa shape index (κ2) is 8.75. The van der Waals surface area contributed by atoms with E-state index in [0.717, 1.165) is 18.6 Å². The van der Waals surface area contributed by atoms with Crippen LogP contribution >= 0.6 is 0 Å². The summed E-state index contributed by atoms with van der Waals surface area (Å²) in [6.07, 6.45) is 0.747. The highest BCUT2D eigenvalue weighted by molar-refractivity contribution is 5.94. The zero-order chi connectivity index (χ0) is 21.1. The molecule has 4 rings (SSSR count). The molecule has 30 heavy (non-hydrogen) atoms. The van der Waals surface area contributed by atoms with Gasteiger partial charge in [-0.15, -0.1) is 0 Å². The Morgan fingerprint density at radius 1 is 0.933 bits per heavy atom. The van der Waals surface area contributed by atoms with Crippen LogP contribution in [0.4, 0.5) is 13.2 Å². The first-order chi connectivity index (χ1) is 14.5. The molecule has 2 aromatic rings. The summed E-state index contributed by atoms with van der Waals surface area (Å²) in [4.78, 5) is 16.4. The van der Waals surface area contributed by atoms with Crippen molar-refractivity contribution in [3.63, 3.8) is 0 Å². The van der Waals surface area contributed by atoms with Gasteiger partial charge in [0, 0.05) is 30.8 Å². The molecule has 0 radical (unpaired) electrons. The fraction of sp³-hybridized carbons (Fsp3) is 0.409. The van der Waals surface area contributed by atoms with E-state index < -0.39 is 23.3 Å². The third kappa shape index (κ3) is 4.50. The predicted molar refractivity (Wildman–Crippen MR) is 103 cm³/mol. The van der Waals surface area contributed by atoms with Crippen LogP contribution in [0.1, 0.15) is 22.3 Å². The molecule has 0 saturated carbocycles. The van der Waals surface area contributed by atoms with Crippen molar-refractivity contribution in [3.05, 3.63) is 71.0 Å². The van der Waals surface area contributed by atoms with Crippen LogP contribution in [0.2, 0.25) is 0 Å². The van der Waals surface area contributed by atoms with Crippen molar-refractivity contribution in [3.8, 4) is 0 Å². The van der Waals surface area contributed by atoms with Gasteiger partial charge in [-0.05, 0) is 30.7 Å². The Bertz CT molecular complexity index is 926. The van der Waals surface area contributed by atoms with Crippen LogP contribution in [0.5, 0.6) is 0 Å². The lowest BCUT2D eigenvalue weighted by molar-refractivity contribution is -0.261. The molecule has 1 unspecified atom stereocenters. The summed E-state index contributed by atoms with van der Waals surface area (Å²) in [6, 6.07) is 9.73. The minimum Gasteiger partial charge on any atom is -0.347 e. The number of benzene rings is 2. The molecule has 8 heteroatoms. The first-order valence-electron chi connectivity index (χ1n) is 9.94. The van der Waals surface area contributed by atoms with Crippen molar-refractivity contribution in [2.75, 3.05) is 39.4 Å². The molecule has 1 atom stereocenters.